The van der Waals surface area contributed by atoms with Crippen LogP contribution in [0.15, 0.2) is 22.7 Å². The molecular weight excluding hydrogens is 303 g/mol. The Balaban J connectivity index is 2.87. The van der Waals surface area contributed by atoms with E-state index in [0.717, 1.165) is 0 Å². The molecule has 0 radical (unpaired) electrons. The summed E-state index contributed by atoms with van der Waals surface area (Å²) in [6.45, 7) is 1.55. The fourth-order valence-electron chi connectivity index (χ4n) is 1.43. The minimum atomic E-state index is -0.709. The van der Waals surface area contributed by atoms with Crippen LogP contribution in [0.2, 0.25) is 0 Å². The van der Waals surface area contributed by atoms with Gasteiger partial charge in [-0.15, -0.1) is 0 Å². The van der Waals surface area contributed by atoms with Gasteiger partial charge in [0.25, 0.3) is 5.91 Å². The molecule has 1 N–H and O–H groups in total. The maximum Gasteiger partial charge on any atom is 0.256 e. The number of benzene rings is 1. The van der Waals surface area contributed by atoms with Crippen LogP contribution in [0.4, 0.5) is 4.39 Å². The predicted molar refractivity (Wildman–Crippen MR) is 69.7 cm³/mol. The molecule has 18 heavy (non-hydrogen) atoms. The fraction of sp³-hybridized carbons (Fsp3) is 0.333. The van der Waals surface area contributed by atoms with Gasteiger partial charge < -0.3 is 10.2 Å². The third kappa shape index (κ3) is 3.29. The number of carbonyl (C=O) groups excluding carboxylic acids is 2. The number of rotatable bonds is 3. The molecule has 0 spiro atoms. The van der Waals surface area contributed by atoms with Crippen molar-refractivity contribution in [3.63, 3.8) is 0 Å². The Hall–Kier alpha value is -1.43. The molecule has 0 fully saturated rings. The highest BCUT2D eigenvalue weighted by atomic mass is 79.9. The van der Waals surface area contributed by atoms with Crippen LogP contribution in [-0.2, 0) is 4.79 Å². The lowest BCUT2D eigenvalue weighted by molar-refractivity contribution is -0.130. The fourth-order valence-corrected chi connectivity index (χ4v) is 1.95. The maximum absolute atomic E-state index is 13.5. The molecule has 1 aromatic carbocycles. The van der Waals surface area contributed by atoms with Gasteiger partial charge in [-0.2, -0.15) is 0 Å². The van der Waals surface area contributed by atoms with Crippen molar-refractivity contribution in [3.05, 3.63) is 34.1 Å². The van der Waals surface area contributed by atoms with Crippen LogP contribution in [0.1, 0.15) is 17.3 Å². The Morgan fingerprint density at radius 2 is 2.00 bits per heavy atom. The molecule has 0 aliphatic carbocycles. The smallest absolute Gasteiger partial charge is 0.256 e. The highest BCUT2D eigenvalue weighted by Gasteiger charge is 2.21. The number of carbonyl (C=O) groups is 2. The number of hydrogen-bond donors (Lipinski definition) is 1. The quantitative estimate of drug-likeness (QED) is 0.924. The normalized spacial score (nSPS) is 11.8. The van der Waals surface area contributed by atoms with Gasteiger partial charge in [-0.05, 0) is 35.0 Å². The van der Waals surface area contributed by atoms with Gasteiger partial charge in [-0.3, -0.25) is 9.59 Å². The third-order valence-electron chi connectivity index (χ3n) is 2.35. The minimum absolute atomic E-state index is 0.101. The molecule has 0 saturated heterocycles. The highest BCUT2D eigenvalue weighted by Crippen LogP contribution is 2.19. The second-order valence-corrected chi connectivity index (χ2v) is 4.88. The van der Waals surface area contributed by atoms with Gasteiger partial charge in [0.2, 0.25) is 5.91 Å². The summed E-state index contributed by atoms with van der Waals surface area (Å²) in [5, 5.41) is 2.46. The first-order valence-electron chi connectivity index (χ1n) is 5.30. The molecule has 2 amide bonds. The van der Waals surface area contributed by atoms with Crippen molar-refractivity contribution in [2.45, 2.75) is 13.0 Å². The van der Waals surface area contributed by atoms with Gasteiger partial charge >= 0.3 is 0 Å². The zero-order valence-electron chi connectivity index (χ0n) is 10.3. The highest BCUT2D eigenvalue weighted by molar-refractivity contribution is 9.10. The van der Waals surface area contributed by atoms with Crippen LogP contribution in [0.5, 0.6) is 0 Å². The summed E-state index contributed by atoms with van der Waals surface area (Å²) in [5.41, 5.74) is -0.101. The summed E-state index contributed by atoms with van der Waals surface area (Å²) < 4.78 is 13.9. The van der Waals surface area contributed by atoms with E-state index in [4.69, 9.17) is 0 Å². The van der Waals surface area contributed by atoms with Crippen molar-refractivity contribution in [3.8, 4) is 0 Å². The average Bonchev–Trinajstić information content (AvgIpc) is 2.27. The largest absolute Gasteiger partial charge is 0.347 e. The molecule has 1 unspecified atom stereocenters. The molecule has 1 aromatic rings. The predicted octanol–water partition coefficient (Wildman–Crippen LogP) is 1.79. The molecule has 0 heterocycles. The summed E-state index contributed by atoms with van der Waals surface area (Å²) in [6.07, 6.45) is 0. The van der Waals surface area contributed by atoms with Crippen molar-refractivity contribution < 1.29 is 14.0 Å². The Kier molecular flexibility index (Phi) is 4.84. The van der Waals surface area contributed by atoms with E-state index in [-0.39, 0.29) is 11.5 Å². The Morgan fingerprint density at radius 1 is 1.39 bits per heavy atom. The van der Waals surface area contributed by atoms with Crippen LogP contribution in [0.25, 0.3) is 0 Å². The molecule has 0 aromatic heterocycles. The van der Waals surface area contributed by atoms with E-state index < -0.39 is 17.8 Å². The van der Waals surface area contributed by atoms with Crippen LogP contribution in [0, 0.1) is 5.82 Å². The van der Waals surface area contributed by atoms with E-state index >= 15 is 0 Å². The first-order valence-corrected chi connectivity index (χ1v) is 6.10. The number of hydrogen-bond acceptors (Lipinski definition) is 2. The molecular formula is C12H14BrFN2O2. The van der Waals surface area contributed by atoms with Crippen LogP contribution in [0.3, 0.4) is 0 Å². The second-order valence-electron chi connectivity index (χ2n) is 4.02. The summed E-state index contributed by atoms with van der Waals surface area (Å²) in [7, 11) is 3.17. The van der Waals surface area contributed by atoms with Gasteiger partial charge in [0.1, 0.15) is 11.9 Å². The number of nitrogens with zero attached hydrogens (tertiary/aromatic N) is 1. The summed E-state index contributed by atoms with van der Waals surface area (Å²) in [5.74, 6) is -1.51. The molecule has 4 nitrogen and oxygen atoms in total. The standard InChI is InChI=1S/C12H14BrFN2O2/c1-7(12(18)16(2)3)15-11(17)10-8(13)5-4-6-9(10)14/h4-7H,1-3H3,(H,15,17). The monoisotopic (exact) mass is 316 g/mol. The summed E-state index contributed by atoms with van der Waals surface area (Å²) in [4.78, 5) is 24.8. The molecule has 98 valence electrons. The maximum atomic E-state index is 13.5. The number of likely N-dealkylation sites (N-methyl/N-ethyl adjacent to an activating group) is 1. The van der Waals surface area contributed by atoms with E-state index in [1.54, 1.807) is 27.1 Å². The third-order valence-corrected chi connectivity index (χ3v) is 3.01. The molecule has 0 saturated carbocycles. The lowest BCUT2D eigenvalue weighted by atomic mass is 10.2. The van der Waals surface area contributed by atoms with E-state index in [2.05, 4.69) is 21.2 Å². The Bertz CT molecular complexity index is 457. The first-order chi connectivity index (χ1) is 8.34. The van der Waals surface area contributed by atoms with Crippen LogP contribution >= 0.6 is 15.9 Å². The molecule has 6 heteroatoms. The number of nitrogens with one attached hydrogen (secondary N) is 1. The lowest BCUT2D eigenvalue weighted by Gasteiger charge is -2.18. The van der Waals surface area contributed by atoms with Crippen LogP contribution in [-0.4, -0.2) is 36.9 Å². The van der Waals surface area contributed by atoms with Crippen LogP contribution < -0.4 is 5.32 Å². The summed E-state index contributed by atoms with van der Waals surface area (Å²) in [6, 6.07) is 3.54. The zero-order valence-corrected chi connectivity index (χ0v) is 11.9. The molecule has 0 bridgehead atoms. The Labute approximate surface area is 113 Å². The zero-order chi connectivity index (χ0) is 13.9. The van der Waals surface area contributed by atoms with Gasteiger partial charge in [-0.1, -0.05) is 6.07 Å². The van der Waals surface area contributed by atoms with Gasteiger partial charge in [0.15, 0.2) is 0 Å². The minimum Gasteiger partial charge on any atom is -0.347 e. The molecule has 0 aliphatic heterocycles. The van der Waals surface area contributed by atoms with E-state index in [0.29, 0.717) is 4.47 Å². The van der Waals surface area contributed by atoms with Crippen molar-refractivity contribution in [2.75, 3.05) is 14.1 Å². The lowest BCUT2D eigenvalue weighted by Crippen LogP contribution is -2.44. The van der Waals surface area contributed by atoms with Gasteiger partial charge in [0.05, 0.1) is 5.56 Å². The van der Waals surface area contributed by atoms with Gasteiger partial charge in [0, 0.05) is 18.6 Å². The molecule has 1 rings (SSSR count). The SMILES string of the molecule is CC(NC(=O)c1c(F)cccc1Br)C(=O)N(C)C. The van der Waals surface area contributed by atoms with Crippen molar-refractivity contribution in [2.24, 2.45) is 0 Å². The van der Waals surface area contributed by atoms with E-state index in [1.807, 2.05) is 0 Å². The first kappa shape index (κ1) is 14.6. The Morgan fingerprint density at radius 3 is 2.50 bits per heavy atom. The molecule has 1 atom stereocenters. The van der Waals surface area contributed by atoms with E-state index in [9.17, 15) is 14.0 Å². The van der Waals surface area contributed by atoms with Crippen molar-refractivity contribution in [1.82, 2.24) is 10.2 Å². The average molecular weight is 317 g/mol. The number of amides is 2. The van der Waals surface area contributed by atoms with Crippen molar-refractivity contribution in [1.29, 1.82) is 0 Å². The van der Waals surface area contributed by atoms with E-state index in [1.165, 1.54) is 17.0 Å². The van der Waals surface area contributed by atoms with Crippen molar-refractivity contribution >= 4 is 27.7 Å². The van der Waals surface area contributed by atoms with Gasteiger partial charge in [-0.25, -0.2) is 4.39 Å². The second kappa shape index (κ2) is 5.95. The summed E-state index contributed by atoms with van der Waals surface area (Å²) >= 11 is 3.11. The number of halogens is 2. The topological polar surface area (TPSA) is 49.4 Å². The molecule has 0 aliphatic rings.